The van der Waals surface area contributed by atoms with E-state index in [2.05, 4.69) is 167 Å². The minimum Gasteiger partial charge on any atom is -0.462 e. The van der Waals surface area contributed by atoms with Crippen LogP contribution in [0.3, 0.4) is 0 Å². The highest BCUT2D eigenvalue weighted by Gasteiger charge is 2.19. The summed E-state index contributed by atoms with van der Waals surface area (Å²) in [5, 5.41) is 0. The zero-order valence-electron chi connectivity index (χ0n) is 48.0. The Hall–Kier alpha value is -4.97. The van der Waals surface area contributed by atoms with Crippen molar-refractivity contribution in [2.45, 2.75) is 245 Å². The molecule has 6 heteroatoms. The molecule has 1 atom stereocenters. The third-order valence-electron chi connectivity index (χ3n) is 12.0. The van der Waals surface area contributed by atoms with E-state index in [1.54, 1.807) is 6.08 Å². The summed E-state index contributed by atoms with van der Waals surface area (Å²) in [5.41, 5.74) is 0. The molecule has 0 fully saturated rings. The molecule has 0 aliphatic rings. The quantitative estimate of drug-likeness (QED) is 0.0261. The Balaban J connectivity index is 4.53. The molecule has 0 N–H and O–H groups in total. The summed E-state index contributed by atoms with van der Waals surface area (Å²) in [5.74, 6) is -1.09. The van der Waals surface area contributed by atoms with E-state index < -0.39 is 12.1 Å². The first-order valence-electron chi connectivity index (χ1n) is 30.0. The van der Waals surface area contributed by atoms with Gasteiger partial charge in [-0.2, -0.15) is 0 Å². The number of rotatable bonds is 52. The van der Waals surface area contributed by atoms with Gasteiger partial charge < -0.3 is 14.2 Å². The van der Waals surface area contributed by atoms with Gasteiger partial charge in [0.15, 0.2) is 6.10 Å². The maximum Gasteiger partial charge on any atom is 0.309 e. The SMILES string of the molecule is CC/C=C\C/C=C\C/C=C\C/C=C\C/C=C\CCCCCCCCCC(=O)OCC(COC(=O)C/C=C\C/C=C\C/C=C\C/C=C\C/C=C\CC)OC(=O)CCCCCCCC/C=C\C/C=C\C/C=C\CCCCC. The average molecular weight is 1030 g/mol. The second kappa shape index (κ2) is 61.6. The van der Waals surface area contributed by atoms with Crippen molar-refractivity contribution in [1.29, 1.82) is 0 Å². The van der Waals surface area contributed by atoms with Crippen LogP contribution in [-0.2, 0) is 28.6 Å². The Morgan fingerprint density at radius 3 is 0.933 bits per heavy atom. The minimum atomic E-state index is -0.839. The fourth-order valence-corrected chi connectivity index (χ4v) is 7.61. The first-order chi connectivity index (χ1) is 37.0. The molecule has 0 aromatic carbocycles. The first-order valence-corrected chi connectivity index (χ1v) is 30.0. The lowest BCUT2D eigenvalue weighted by atomic mass is 10.1. The first kappa shape index (κ1) is 70.0. The number of hydrogen-bond acceptors (Lipinski definition) is 6. The average Bonchev–Trinajstić information content (AvgIpc) is 3.41. The predicted octanol–water partition coefficient (Wildman–Crippen LogP) is 20.5. The molecule has 0 spiro atoms. The number of carbonyl (C=O) groups is 3. The molecule has 420 valence electrons. The van der Waals surface area contributed by atoms with Crippen molar-refractivity contribution in [3.05, 3.63) is 158 Å². The van der Waals surface area contributed by atoms with Crippen LogP contribution < -0.4 is 0 Å². The van der Waals surface area contributed by atoms with Crippen LogP contribution in [-0.4, -0.2) is 37.2 Å². The molecular weight excluding hydrogens is 925 g/mol. The van der Waals surface area contributed by atoms with E-state index in [0.717, 1.165) is 141 Å². The Morgan fingerprint density at radius 1 is 0.293 bits per heavy atom. The van der Waals surface area contributed by atoms with Crippen LogP contribution in [0.15, 0.2) is 158 Å². The van der Waals surface area contributed by atoms with Crippen LogP contribution in [0.1, 0.15) is 239 Å². The Bertz CT molecular complexity index is 1710. The Labute approximate surface area is 460 Å². The van der Waals surface area contributed by atoms with E-state index in [1.807, 2.05) is 6.08 Å². The van der Waals surface area contributed by atoms with Crippen LogP contribution in [0, 0.1) is 0 Å². The molecule has 0 radical (unpaired) electrons. The highest BCUT2D eigenvalue weighted by atomic mass is 16.6. The largest absolute Gasteiger partial charge is 0.462 e. The Morgan fingerprint density at radius 2 is 0.573 bits per heavy atom. The van der Waals surface area contributed by atoms with Crippen LogP contribution in [0.25, 0.3) is 0 Å². The summed E-state index contributed by atoms with van der Waals surface area (Å²) in [6.07, 6.45) is 89.7. The Kier molecular flexibility index (Phi) is 57.5. The molecule has 0 rings (SSSR count). The molecule has 0 aliphatic heterocycles. The predicted molar refractivity (Wildman–Crippen MR) is 325 cm³/mol. The topological polar surface area (TPSA) is 78.9 Å². The lowest BCUT2D eigenvalue weighted by Crippen LogP contribution is -2.30. The van der Waals surface area contributed by atoms with Crippen LogP contribution in [0.4, 0.5) is 0 Å². The van der Waals surface area contributed by atoms with Crippen molar-refractivity contribution in [3.8, 4) is 0 Å². The molecule has 6 nitrogen and oxygen atoms in total. The molecule has 0 amide bonds. The number of allylic oxidation sites excluding steroid dienone is 25. The van der Waals surface area contributed by atoms with E-state index in [9.17, 15) is 14.4 Å². The number of hydrogen-bond donors (Lipinski definition) is 0. The van der Waals surface area contributed by atoms with E-state index >= 15 is 0 Å². The van der Waals surface area contributed by atoms with E-state index in [4.69, 9.17) is 14.2 Å². The van der Waals surface area contributed by atoms with Gasteiger partial charge in [-0.15, -0.1) is 0 Å². The number of carbonyl (C=O) groups excluding carboxylic acids is 3. The molecule has 0 aliphatic carbocycles. The fraction of sp³-hybridized carbons (Fsp3) is 0.580. The lowest BCUT2D eigenvalue weighted by Gasteiger charge is -2.18. The number of esters is 3. The van der Waals surface area contributed by atoms with Crippen molar-refractivity contribution in [2.24, 2.45) is 0 Å². The van der Waals surface area contributed by atoms with E-state index in [-0.39, 0.29) is 38.0 Å². The van der Waals surface area contributed by atoms with Crippen LogP contribution in [0.2, 0.25) is 0 Å². The van der Waals surface area contributed by atoms with Gasteiger partial charge in [-0.1, -0.05) is 249 Å². The molecular formula is C69H108O6. The van der Waals surface area contributed by atoms with Crippen molar-refractivity contribution < 1.29 is 28.6 Å². The maximum absolute atomic E-state index is 12.9. The summed E-state index contributed by atoms with van der Waals surface area (Å²) in [7, 11) is 0. The monoisotopic (exact) mass is 1030 g/mol. The minimum absolute atomic E-state index is 0.114. The van der Waals surface area contributed by atoms with Crippen molar-refractivity contribution in [3.63, 3.8) is 0 Å². The molecule has 0 aromatic heterocycles. The van der Waals surface area contributed by atoms with Crippen LogP contribution >= 0.6 is 0 Å². The third-order valence-corrected chi connectivity index (χ3v) is 12.0. The van der Waals surface area contributed by atoms with Crippen LogP contribution in [0.5, 0.6) is 0 Å². The van der Waals surface area contributed by atoms with E-state index in [1.165, 1.54) is 57.8 Å². The van der Waals surface area contributed by atoms with Gasteiger partial charge >= 0.3 is 17.9 Å². The smallest absolute Gasteiger partial charge is 0.309 e. The summed E-state index contributed by atoms with van der Waals surface area (Å²) in [6.45, 7) is 6.27. The van der Waals surface area contributed by atoms with Gasteiger partial charge in [0, 0.05) is 12.8 Å². The standard InChI is InChI=1S/C69H108O6/c1-4-7-10-13-16-19-22-25-28-30-32-33-34-35-37-38-41-44-47-50-53-56-59-62-68(71)74-65-66(64-73-67(70)61-58-55-52-49-46-43-40-27-24-21-18-15-12-9-6-3)75-69(72)63-60-57-54-51-48-45-42-39-36-31-29-26-23-20-17-14-11-8-5-2/h7,9-10,12,16-21,25-29,32-33,35-37,39-40,46,49,55,58,66H,4-6,8,11,13-15,22-24,30-31,34,38,41-45,47-48,50-54,56-57,59-65H2,1-3H3/b10-7-,12-9-,19-16-,20-17-,21-18-,28-25-,29-26-,33-32-,37-35-,39-36-,40-27-,49-46-,58-55-. The highest BCUT2D eigenvalue weighted by Crippen LogP contribution is 2.13. The number of ether oxygens (including phenoxy) is 3. The summed E-state index contributed by atoms with van der Waals surface area (Å²) >= 11 is 0. The second-order valence-electron chi connectivity index (χ2n) is 19.2. The van der Waals surface area contributed by atoms with Gasteiger partial charge in [-0.3, -0.25) is 14.4 Å². The van der Waals surface area contributed by atoms with E-state index in [0.29, 0.717) is 6.42 Å². The van der Waals surface area contributed by atoms with Gasteiger partial charge in [0.2, 0.25) is 0 Å². The molecule has 1 unspecified atom stereocenters. The maximum atomic E-state index is 12.9. The molecule has 0 heterocycles. The fourth-order valence-electron chi connectivity index (χ4n) is 7.61. The van der Waals surface area contributed by atoms with Gasteiger partial charge in [0.1, 0.15) is 13.2 Å². The summed E-state index contributed by atoms with van der Waals surface area (Å²) in [6, 6.07) is 0. The van der Waals surface area contributed by atoms with Gasteiger partial charge in [0.05, 0.1) is 6.42 Å². The molecule has 0 aromatic rings. The zero-order chi connectivity index (χ0) is 54.3. The highest BCUT2D eigenvalue weighted by molar-refractivity contribution is 5.72. The molecule has 0 saturated carbocycles. The molecule has 75 heavy (non-hydrogen) atoms. The lowest BCUT2D eigenvalue weighted by molar-refractivity contribution is -0.166. The third kappa shape index (κ3) is 59.8. The van der Waals surface area contributed by atoms with Crippen molar-refractivity contribution in [1.82, 2.24) is 0 Å². The summed E-state index contributed by atoms with van der Waals surface area (Å²) in [4.78, 5) is 38.2. The summed E-state index contributed by atoms with van der Waals surface area (Å²) < 4.78 is 16.8. The zero-order valence-corrected chi connectivity index (χ0v) is 48.0. The van der Waals surface area contributed by atoms with Crippen molar-refractivity contribution >= 4 is 17.9 Å². The second-order valence-corrected chi connectivity index (χ2v) is 19.2. The normalized spacial score (nSPS) is 13.3. The number of unbranched alkanes of at least 4 members (excludes halogenated alkanes) is 16. The van der Waals surface area contributed by atoms with Gasteiger partial charge in [-0.05, 0) is 128 Å². The van der Waals surface area contributed by atoms with Crippen molar-refractivity contribution in [2.75, 3.05) is 13.2 Å². The molecule has 0 saturated heterocycles. The molecule has 0 bridgehead atoms. The van der Waals surface area contributed by atoms with Gasteiger partial charge in [-0.25, -0.2) is 0 Å². The van der Waals surface area contributed by atoms with Gasteiger partial charge in [0.25, 0.3) is 0 Å².